The molecule has 1 heterocycles. The van der Waals surface area contributed by atoms with Gasteiger partial charge >= 0.3 is 0 Å². The van der Waals surface area contributed by atoms with Gasteiger partial charge < -0.3 is 10.6 Å². The van der Waals surface area contributed by atoms with Gasteiger partial charge in [0.1, 0.15) is 0 Å². The highest BCUT2D eigenvalue weighted by Crippen LogP contribution is 2.42. The Morgan fingerprint density at radius 1 is 0.960 bits per heavy atom. The summed E-state index contributed by atoms with van der Waals surface area (Å²) in [6.45, 7) is 0.508. The van der Waals surface area contributed by atoms with Crippen molar-refractivity contribution in [2.24, 2.45) is 11.8 Å². The minimum atomic E-state index is -0.180. The second-order valence-corrected chi connectivity index (χ2v) is 8.00. The van der Waals surface area contributed by atoms with Crippen LogP contribution in [0.4, 0.5) is 0 Å². The summed E-state index contributed by atoms with van der Waals surface area (Å²) in [5, 5.41) is 5.69. The van der Waals surface area contributed by atoms with Crippen LogP contribution in [0.25, 0.3) is 0 Å². The molecule has 0 radical (unpaired) electrons. The van der Waals surface area contributed by atoms with E-state index in [0.717, 1.165) is 25.7 Å². The number of rotatable bonds is 8. The molecule has 2 N–H and O–H groups in total. The lowest BCUT2D eigenvalue weighted by atomic mass is 9.76. The molecule has 0 unspecified atom stereocenters. The van der Waals surface area contributed by atoms with E-state index in [1.165, 1.54) is 29.5 Å². The fraction of sp³-hybridized carbons (Fsp3) is 0.765. The van der Waals surface area contributed by atoms with Crippen molar-refractivity contribution in [1.82, 2.24) is 15.5 Å². The van der Waals surface area contributed by atoms with Gasteiger partial charge in [0.15, 0.2) is 0 Å². The molecule has 3 fully saturated rings. The zero-order valence-corrected chi connectivity index (χ0v) is 15.1. The van der Waals surface area contributed by atoms with Gasteiger partial charge in [-0.25, -0.2) is 0 Å². The summed E-state index contributed by atoms with van der Waals surface area (Å²) >= 11 is 1.28. The number of hydrogen-bond acceptors (Lipinski definition) is 5. The van der Waals surface area contributed by atoms with Crippen LogP contribution in [0.5, 0.6) is 0 Å². The predicted molar refractivity (Wildman–Crippen MR) is 93.7 cm³/mol. The summed E-state index contributed by atoms with van der Waals surface area (Å²) in [4.78, 5) is 48.8. The fourth-order valence-corrected chi connectivity index (χ4v) is 4.41. The number of likely N-dealkylation sites (tertiary alicyclic amines) is 1. The van der Waals surface area contributed by atoms with Gasteiger partial charge in [-0.2, -0.15) is 0 Å². The van der Waals surface area contributed by atoms with Crippen LogP contribution in [0.1, 0.15) is 38.5 Å². The van der Waals surface area contributed by atoms with Gasteiger partial charge in [0.2, 0.25) is 23.6 Å². The Kier molecular flexibility index (Phi) is 5.98. The number of carbonyl (C=O) groups is 4. The van der Waals surface area contributed by atoms with Gasteiger partial charge in [-0.3, -0.25) is 24.1 Å². The van der Waals surface area contributed by atoms with E-state index >= 15 is 0 Å². The van der Waals surface area contributed by atoms with Crippen molar-refractivity contribution in [2.45, 2.75) is 44.6 Å². The van der Waals surface area contributed by atoms with Crippen LogP contribution in [0.3, 0.4) is 0 Å². The Morgan fingerprint density at radius 2 is 1.56 bits per heavy atom. The summed E-state index contributed by atoms with van der Waals surface area (Å²) in [5.41, 5.74) is 0. The highest BCUT2D eigenvalue weighted by atomic mass is 32.2. The van der Waals surface area contributed by atoms with Crippen molar-refractivity contribution < 1.29 is 19.2 Å². The number of nitrogens with one attached hydrogen (secondary N) is 2. The van der Waals surface area contributed by atoms with E-state index in [9.17, 15) is 19.2 Å². The predicted octanol–water partition coefficient (Wildman–Crippen LogP) is 0.290. The van der Waals surface area contributed by atoms with E-state index in [1.807, 2.05) is 0 Å². The zero-order valence-electron chi connectivity index (χ0n) is 14.3. The average molecular weight is 367 g/mol. The third-order valence-corrected chi connectivity index (χ3v) is 6.22. The van der Waals surface area contributed by atoms with Crippen molar-refractivity contribution in [3.05, 3.63) is 0 Å². The Labute approximate surface area is 151 Å². The second-order valence-electron chi connectivity index (χ2n) is 7.01. The number of nitrogens with zero attached hydrogens (tertiary/aromatic N) is 1. The molecule has 2 saturated carbocycles. The van der Waals surface area contributed by atoms with Crippen molar-refractivity contribution >= 4 is 35.4 Å². The number of amides is 4. The fourth-order valence-electron chi connectivity index (χ4n) is 3.75. The first kappa shape index (κ1) is 18.2. The lowest BCUT2D eigenvalue weighted by molar-refractivity contribution is -0.139. The van der Waals surface area contributed by atoms with Gasteiger partial charge in [0, 0.05) is 19.1 Å². The second kappa shape index (κ2) is 8.21. The molecule has 3 rings (SSSR count). The molecular formula is C17H25N3O4S. The maximum atomic E-state index is 12.0. The van der Waals surface area contributed by atoms with Crippen molar-refractivity contribution in [3.8, 4) is 0 Å². The molecule has 0 aromatic rings. The van der Waals surface area contributed by atoms with Crippen LogP contribution in [-0.4, -0.2) is 59.2 Å². The standard InChI is InChI=1S/C17H25N3O4S/c21-14(9-25-10-15(22)19-11-3-1-2-4-11)18-7-8-20-16(23)12-5-6-13(12)17(20)24/h11-13H,1-10H2,(H,18,21)(H,19,22)/t12-,13+. The molecular weight excluding hydrogens is 342 g/mol. The number of fused-ring (bicyclic) bond motifs is 1. The first-order chi connectivity index (χ1) is 12.1. The van der Waals surface area contributed by atoms with E-state index < -0.39 is 0 Å². The third kappa shape index (κ3) is 4.34. The first-order valence-electron chi connectivity index (χ1n) is 9.05. The van der Waals surface area contributed by atoms with Crippen molar-refractivity contribution in [2.75, 3.05) is 24.6 Å². The summed E-state index contributed by atoms with van der Waals surface area (Å²) in [7, 11) is 0. The van der Waals surface area contributed by atoms with E-state index in [4.69, 9.17) is 0 Å². The number of imide groups is 1. The summed E-state index contributed by atoms with van der Waals surface area (Å²) in [5.74, 6) is -0.132. The van der Waals surface area contributed by atoms with E-state index in [2.05, 4.69) is 10.6 Å². The first-order valence-corrected chi connectivity index (χ1v) is 10.2. The molecule has 8 heteroatoms. The minimum Gasteiger partial charge on any atom is -0.354 e. The molecule has 0 aromatic carbocycles. The molecule has 3 aliphatic rings. The van der Waals surface area contributed by atoms with Crippen LogP contribution in [0.2, 0.25) is 0 Å². The van der Waals surface area contributed by atoms with Crippen LogP contribution in [0.15, 0.2) is 0 Å². The average Bonchev–Trinajstić information content (AvgIpc) is 3.07. The topological polar surface area (TPSA) is 95.6 Å². The van der Waals surface area contributed by atoms with Crippen molar-refractivity contribution in [1.29, 1.82) is 0 Å². The van der Waals surface area contributed by atoms with E-state index in [0.29, 0.717) is 6.04 Å². The lowest BCUT2D eigenvalue weighted by Gasteiger charge is -2.24. The zero-order chi connectivity index (χ0) is 17.8. The Bertz CT molecular complexity index is 540. The molecule has 1 aliphatic heterocycles. The number of thioether (sulfide) groups is 1. The van der Waals surface area contributed by atoms with E-state index in [1.54, 1.807) is 0 Å². The molecule has 2 aliphatic carbocycles. The summed E-state index contributed by atoms with van der Waals surface area (Å²) in [6.07, 6.45) is 6.04. The molecule has 138 valence electrons. The van der Waals surface area contributed by atoms with Crippen LogP contribution < -0.4 is 10.6 Å². The minimum absolute atomic E-state index is 0.0200. The van der Waals surface area contributed by atoms with Gasteiger partial charge in [-0.05, 0) is 25.7 Å². The normalized spacial score (nSPS) is 25.7. The quantitative estimate of drug-likeness (QED) is 0.601. The van der Waals surface area contributed by atoms with Gasteiger partial charge in [-0.1, -0.05) is 12.8 Å². The largest absolute Gasteiger partial charge is 0.354 e. The Hall–Kier alpha value is -1.57. The number of carbonyl (C=O) groups excluding carboxylic acids is 4. The molecule has 0 bridgehead atoms. The lowest BCUT2D eigenvalue weighted by Crippen LogP contribution is -2.39. The number of hydrogen-bond donors (Lipinski definition) is 2. The van der Waals surface area contributed by atoms with Crippen molar-refractivity contribution in [3.63, 3.8) is 0 Å². The third-order valence-electron chi connectivity index (χ3n) is 5.29. The molecule has 0 aromatic heterocycles. The molecule has 7 nitrogen and oxygen atoms in total. The highest BCUT2D eigenvalue weighted by molar-refractivity contribution is 8.00. The van der Waals surface area contributed by atoms with Crippen LogP contribution in [-0.2, 0) is 19.2 Å². The smallest absolute Gasteiger partial charge is 0.233 e. The van der Waals surface area contributed by atoms with Gasteiger partial charge in [0.05, 0.1) is 23.3 Å². The molecule has 1 saturated heterocycles. The Balaban J connectivity index is 1.26. The van der Waals surface area contributed by atoms with Gasteiger partial charge in [0.25, 0.3) is 0 Å². The Morgan fingerprint density at radius 3 is 2.16 bits per heavy atom. The molecule has 25 heavy (non-hydrogen) atoms. The summed E-state index contributed by atoms with van der Waals surface area (Å²) < 4.78 is 0. The molecule has 2 atom stereocenters. The maximum Gasteiger partial charge on any atom is 0.233 e. The maximum absolute atomic E-state index is 12.0. The van der Waals surface area contributed by atoms with E-state index in [-0.39, 0.29) is 60.1 Å². The van der Waals surface area contributed by atoms with Crippen LogP contribution in [0, 0.1) is 11.8 Å². The SMILES string of the molecule is O=C(CSCC(=O)NC1CCCC1)NCCN1C(=O)[C@H]2CC[C@H]2C1=O. The summed E-state index contributed by atoms with van der Waals surface area (Å²) in [6, 6.07) is 0.299. The van der Waals surface area contributed by atoms with Crippen LogP contribution >= 0.6 is 11.8 Å². The molecule has 4 amide bonds. The monoisotopic (exact) mass is 367 g/mol. The van der Waals surface area contributed by atoms with Gasteiger partial charge in [-0.15, -0.1) is 11.8 Å². The molecule has 0 spiro atoms. The highest BCUT2D eigenvalue weighted by Gasteiger charge is 2.52.